The van der Waals surface area contributed by atoms with E-state index in [1.165, 1.54) is 0 Å². The predicted molar refractivity (Wildman–Crippen MR) is 68.2 cm³/mol. The van der Waals surface area contributed by atoms with E-state index in [1.807, 2.05) is 49.6 Å². The van der Waals surface area contributed by atoms with Gasteiger partial charge in [-0.25, -0.2) is 0 Å². The zero-order chi connectivity index (χ0) is 11.8. The van der Waals surface area contributed by atoms with E-state index in [9.17, 15) is 4.79 Å². The van der Waals surface area contributed by atoms with E-state index in [-0.39, 0.29) is 12.4 Å². The standard InChI is InChI=1S/C13H16O2S/c1-3-4-9-15-10-13(14)11-5-7-12(16-2)8-6-11/h3-8H,9-10H2,1-2H3. The van der Waals surface area contributed by atoms with Crippen molar-refractivity contribution in [1.29, 1.82) is 0 Å². The maximum Gasteiger partial charge on any atom is 0.188 e. The lowest BCUT2D eigenvalue weighted by molar-refractivity contribution is 0.0806. The molecule has 0 saturated heterocycles. The molecule has 0 aliphatic carbocycles. The Morgan fingerprint density at radius 3 is 2.62 bits per heavy atom. The smallest absolute Gasteiger partial charge is 0.188 e. The van der Waals surface area contributed by atoms with E-state index in [2.05, 4.69) is 0 Å². The van der Waals surface area contributed by atoms with Gasteiger partial charge in [0.1, 0.15) is 6.61 Å². The molecule has 0 aliphatic rings. The maximum absolute atomic E-state index is 11.7. The van der Waals surface area contributed by atoms with E-state index < -0.39 is 0 Å². The number of thioether (sulfide) groups is 1. The van der Waals surface area contributed by atoms with E-state index in [0.717, 1.165) is 4.90 Å². The molecule has 1 aromatic rings. The molecular formula is C13H16O2S. The summed E-state index contributed by atoms with van der Waals surface area (Å²) < 4.78 is 5.21. The SMILES string of the molecule is CC=CCOCC(=O)c1ccc(SC)cc1. The summed E-state index contributed by atoms with van der Waals surface area (Å²) in [5.74, 6) is 0.0251. The van der Waals surface area contributed by atoms with Crippen LogP contribution in [0.3, 0.4) is 0 Å². The Balaban J connectivity index is 2.46. The number of allylic oxidation sites excluding steroid dienone is 1. The third-order valence-electron chi connectivity index (χ3n) is 2.09. The zero-order valence-corrected chi connectivity index (χ0v) is 10.4. The molecule has 0 bridgehead atoms. The molecular weight excluding hydrogens is 220 g/mol. The number of ketones is 1. The number of benzene rings is 1. The second kappa shape index (κ2) is 7.25. The minimum atomic E-state index is 0.0251. The van der Waals surface area contributed by atoms with Gasteiger partial charge in [0, 0.05) is 10.5 Å². The Kier molecular flexibility index (Phi) is 5.90. The first-order chi connectivity index (χ1) is 7.77. The maximum atomic E-state index is 11.7. The van der Waals surface area contributed by atoms with E-state index in [4.69, 9.17) is 4.74 Å². The molecule has 0 amide bonds. The van der Waals surface area contributed by atoms with Crippen molar-refractivity contribution in [3.63, 3.8) is 0 Å². The summed E-state index contributed by atoms with van der Waals surface area (Å²) in [7, 11) is 0. The molecule has 0 atom stereocenters. The van der Waals surface area contributed by atoms with Crippen molar-refractivity contribution in [2.45, 2.75) is 11.8 Å². The van der Waals surface area contributed by atoms with E-state index >= 15 is 0 Å². The first kappa shape index (κ1) is 13.0. The minimum Gasteiger partial charge on any atom is -0.369 e. The average molecular weight is 236 g/mol. The largest absolute Gasteiger partial charge is 0.369 e. The fraction of sp³-hybridized carbons (Fsp3) is 0.308. The zero-order valence-electron chi connectivity index (χ0n) is 9.60. The van der Waals surface area contributed by atoms with Crippen LogP contribution in [0.15, 0.2) is 41.3 Å². The highest BCUT2D eigenvalue weighted by atomic mass is 32.2. The molecule has 3 heteroatoms. The van der Waals surface area contributed by atoms with Crippen LogP contribution in [0.4, 0.5) is 0 Å². The van der Waals surface area contributed by atoms with Crippen LogP contribution in [-0.2, 0) is 4.74 Å². The van der Waals surface area contributed by atoms with Gasteiger partial charge in [-0.05, 0) is 25.3 Å². The lowest BCUT2D eigenvalue weighted by Crippen LogP contribution is -2.08. The second-order valence-corrected chi connectivity index (χ2v) is 4.12. The summed E-state index contributed by atoms with van der Waals surface area (Å²) in [5, 5.41) is 0. The van der Waals surface area contributed by atoms with Gasteiger partial charge >= 0.3 is 0 Å². The minimum absolute atomic E-state index is 0.0251. The number of hydrogen-bond donors (Lipinski definition) is 0. The van der Waals surface area contributed by atoms with Crippen LogP contribution in [0.25, 0.3) is 0 Å². The highest BCUT2D eigenvalue weighted by Crippen LogP contribution is 2.15. The number of ether oxygens (including phenoxy) is 1. The molecule has 0 fully saturated rings. The van der Waals surface area contributed by atoms with Gasteiger partial charge in [-0.15, -0.1) is 11.8 Å². The predicted octanol–water partition coefficient (Wildman–Crippen LogP) is 3.18. The Morgan fingerprint density at radius 2 is 2.06 bits per heavy atom. The summed E-state index contributed by atoms with van der Waals surface area (Å²) in [6, 6.07) is 7.58. The van der Waals surface area contributed by atoms with Crippen LogP contribution in [0, 0.1) is 0 Å². The molecule has 16 heavy (non-hydrogen) atoms. The first-order valence-corrected chi connectivity index (χ1v) is 6.36. The Morgan fingerprint density at radius 1 is 1.38 bits per heavy atom. The van der Waals surface area contributed by atoms with Gasteiger partial charge in [0.25, 0.3) is 0 Å². The molecule has 0 aromatic heterocycles. The summed E-state index contributed by atoms with van der Waals surface area (Å²) in [5.41, 5.74) is 0.707. The molecule has 1 aromatic carbocycles. The molecule has 0 N–H and O–H groups in total. The number of hydrogen-bond acceptors (Lipinski definition) is 3. The summed E-state index contributed by atoms with van der Waals surface area (Å²) in [6.07, 6.45) is 5.79. The molecule has 0 aliphatic heterocycles. The van der Waals surface area contributed by atoms with Crippen LogP contribution in [0.2, 0.25) is 0 Å². The van der Waals surface area contributed by atoms with Crippen molar-refractivity contribution in [1.82, 2.24) is 0 Å². The number of carbonyl (C=O) groups is 1. The Bertz CT molecular complexity index is 355. The summed E-state index contributed by atoms with van der Waals surface area (Å²) in [4.78, 5) is 12.8. The monoisotopic (exact) mass is 236 g/mol. The fourth-order valence-corrected chi connectivity index (χ4v) is 1.58. The van der Waals surface area contributed by atoms with Gasteiger partial charge in [0.15, 0.2) is 5.78 Å². The lowest BCUT2D eigenvalue weighted by Gasteiger charge is -2.02. The number of carbonyl (C=O) groups excluding carboxylic acids is 1. The van der Waals surface area contributed by atoms with Crippen LogP contribution in [0.1, 0.15) is 17.3 Å². The van der Waals surface area contributed by atoms with Gasteiger partial charge in [-0.1, -0.05) is 24.3 Å². The van der Waals surface area contributed by atoms with E-state index in [1.54, 1.807) is 11.8 Å². The lowest BCUT2D eigenvalue weighted by atomic mass is 10.1. The van der Waals surface area contributed by atoms with Crippen molar-refractivity contribution in [3.8, 4) is 0 Å². The average Bonchev–Trinajstić information content (AvgIpc) is 2.34. The Labute approximate surface area is 101 Å². The topological polar surface area (TPSA) is 26.3 Å². The Hall–Kier alpha value is -1.06. The normalized spacial score (nSPS) is 10.9. The molecule has 0 radical (unpaired) electrons. The second-order valence-electron chi connectivity index (χ2n) is 3.24. The van der Waals surface area contributed by atoms with Crippen LogP contribution in [-0.4, -0.2) is 25.3 Å². The van der Waals surface area contributed by atoms with Crippen molar-refractivity contribution in [2.75, 3.05) is 19.5 Å². The van der Waals surface area contributed by atoms with Crippen LogP contribution >= 0.6 is 11.8 Å². The molecule has 0 heterocycles. The third-order valence-corrected chi connectivity index (χ3v) is 2.84. The van der Waals surface area contributed by atoms with Crippen LogP contribution in [0.5, 0.6) is 0 Å². The van der Waals surface area contributed by atoms with Crippen molar-refractivity contribution in [3.05, 3.63) is 42.0 Å². The van der Waals surface area contributed by atoms with Gasteiger partial charge in [-0.3, -0.25) is 4.79 Å². The third kappa shape index (κ3) is 4.21. The highest BCUT2D eigenvalue weighted by molar-refractivity contribution is 7.98. The van der Waals surface area contributed by atoms with Gasteiger partial charge in [0.05, 0.1) is 6.61 Å². The number of rotatable bonds is 6. The molecule has 1 rings (SSSR count). The summed E-state index contributed by atoms with van der Waals surface area (Å²) in [6.45, 7) is 2.56. The molecule has 2 nitrogen and oxygen atoms in total. The highest BCUT2D eigenvalue weighted by Gasteiger charge is 2.04. The van der Waals surface area contributed by atoms with Crippen molar-refractivity contribution >= 4 is 17.5 Å². The summed E-state index contributed by atoms with van der Waals surface area (Å²) >= 11 is 1.66. The van der Waals surface area contributed by atoms with E-state index in [0.29, 0.717) is 12.2 Å². The van der Waals surface area contributed by atoms with Crippen molar-refractivity contribution in [2.24, 2.45) is 0 Å². The quantitative estimate of drug-likeness (QED) is 0.328. The molecule has 86 valence electrons. The van der Waals surface area contributed by atoms with Gasteiger partial charge < -0.3 is 4.74 Å². The van der Waals surface area contributed by atoms with Crippen LogP contribution < -0.4 is 0 Å². The molecule has 0 spiro atoms. The van der Waals surface area contributed by atoms with Crippen molar-refractivity contribution < 1.29 is 9.53 Å². The first-order valence-electron chi connectivity index (χ1n) is 5.14. The van der Waals surface area contributed by atoms with Gasteiger partial charge in [-0.2, -0.15) is 0 Å². The molecule has 0 unspecified atom stereocenters. The fourth-order valence-electron chi connectivity index (χ4n) is 1.18. The number of Topliss-reactive ketones (excluding diaryl/α,β-unsaturated/α-hetero) is 1. The molecule has 0 saturated carbocycles. The van der Waals surface area contributed by atoms with Gasteiger partial charge in [0.2, 0.25) is 0 Å².